The van der Waals surface area contributed by atoms with Gasteiger partial charge in [-0.3, -0.25) is 19.6 Å². The molecule has 0 bridgehead atoms. The molecule has 2 aromatic rings. The summed E-state index contributed by atoms with van der Waals surface area (Å²) in [7, 11) is 0. The molecule has 10 nitrogen and oxygen atoms in total. The Morgan fingerprint density at radius 2 is 2.00 bits per heavy atom. The van der Waals surface area contributed by atoms with E-state index in [0.29, 0.717) is 10.0 Å². The highest BCUT2D eigenvalue weighted by Gasteiger charge is 2.23. The average Bonchev–Trinajstić information content (AvgIpc) is 3.10. The van der Waals surface area contributed by atoms with Gasteiger partial charge in [0, 0.05) is 18.0 Å². The van der Waals surface area contributed by atoms with Crippen molar-refractivity contribution in [3.05, 3.63) is 29.5 Å². The molecule has 0 unspecified atom stereocenters. The van der Waals surface area contributed by atoms with Crippen molar-refractivity contribution in [1.29, 1.82) is 0 Å². The Morgan fingerprint density at radius 3 is 2.62 bits per heavy atom. The van der Waals surface area contributed by atoms with Gasteiger partial charge in [-0.05, 0) is 26.0 Å². The summed E-state index contributed by atoms with van der Waals surface area (Å²) in [5.74, 6) is 4.02. The van der Waals surface area contributed by atoms with Gasteiger partial charge in [-0.15, -0.1) is 10.2 Å². The number of nitrogens with two attached hydrogens (primary N) is 2. The Kier molecular flexibility index (Phi) is 6.07. The number of primary amides is 1. The van der Waals surface area contributed by atoms with Crippen LogP contribution in [0.15, 0.2) is 34.6 Å². The van der Waals surface area contributed by atoms with E-state index in [-0.39, 0.29) is 12.3 Å². The highest BCUT2D eigenvalue weighted by molar-refractivity contribution is 7.14. The van der Waals surface area contributed by atoms with Crippen LogP contribution in [0.25, 0.3) is 10.6 Å². The van der Waals surface area contributed by atoms with E-state index >= 15 is 0 Å². The maximum Gasteiger partial charge on any atom is 0.273 e. The average molecular weight is 374 g/mol. The fourth-order valence-corrected chi connectivity index (χ4v) is 2.40. The van der Waals surface area contributed by atoms with E-state index in [4.69, 9.17) is 11.6 Å². The van der Waals surface area contributed by atoms with Crippen LogP contribution < -0.4 is 16.9 Å². The van der Waals surface area contributed by atoms with Crippen molar-refractivity contribution in [3.63, 3.8) is 0 Å². The molecule has 0 aliphatic rings. The number of nitrogens with one attached hydrogen (secondary N) is 1. The molecule has 26 heavy (non-hydrogen) atoms. The van der Waals surface area contributed by atoms with Gasteiger partial charge in [-0.2, -0.15) is 5.10 Å². The molecule has 0 aromatic carbocycles. The number of hydrazone groups is 1. The molecule has 0 aliphatic heterocycles. The fraction of sp³-hybridized carbons (Fsp3) is 0.267. The number of carbonyl (C=O) groups is 2. The molecule has 2 heterocycles. The maximum absolute atomic E-state index is 12.1. The Morgan fingerprint density at radius 1 is 1.31 bits per heavy atom. The molecule has 0 aliphatic carbocycles. The summed E-state index contributed by atoms with van der Waals surface area (Å²) in [5.41, 5.74) is 4.79. The third-order valence-corrected chi connectivity index (χ3v) is 4.25. The maximum atomic E-state index is 12.1. The lowest BCUT2D eigenvalue weighted by atomic mass is 10.1. The summed E-state index contributed by atoms with van der Waals surface area (Å²) in [5, 5.41) is 15.4. The van der Waals surface area contributed by atoms with Crippen LogP contribution in [-0.2, 0) is 16.1 Å². The van der Waals surface area contributed by atoms with E-state index in [0.717, 1.165) is 11.8 Å². The van der Waals surface area contributed by atoms with Crippen molar-refractivity contribution < 1.29 is 9.59 Å². The van der Waals surface area contributed by atoms with Gasteiger partial charge in [0.2, 0.25) is 5.91 Å². The molecule has 0 saturated carbocycles. The molecule has 5 N–H and O–H groups in total. The molecule has 2 rings (SSSR count). The number of carbonyl (C=O) groups excluding carboxylic acids is 2. The first-order chi connectivity index (χ1) is 12.3. The summed E-state index contributed by atoms with van der Waals surface area (Å²) in [6.45, 7) is 3.17. The second kappa shape index (κ2) is 8.25. The molecule has 136 valence electrons. The smallest absolute Gasteiger partial charge is 0.273 e. The third kappa shape index (κ3) is 4.89. The molecule has 11 heteroatoms. The molecule has 0 saturated heterocycles. The molecule has 2 aromatic heterocycles. The van der Waals surface area contributed by atoms with Crippen LogP contribution >= 0.6 is 11.3 Å². The highest BCUT2D eigenvalue weighted by atomic mass is 32.1. The molecule has 2 amide bonds. The first kappa shape index (κ1) is 19.1. The number of aliphatic imine (C=N–C) groups is 1. The third-order valence-electron chi connectivity index (χ3n) is 3.28. The van der Waals surface area contributed by atoms with Crippen LogP contribution in [0.5, 0.6) is 0 Å². The topological polar surface area (TPSA) is 162 Å². The minimum atomic E-state index is -1.17. The second-order valence-corrected chi connectivity index (χ2v) is 6.68. The molecule has 0 radical (unpaired) electrons. The van der Waals surface area contributed by atoms with Crippen LogP contribution in [0.2, 0.25) is 0 Å². The van der Waals surface area contributed by atoms with Crippen LogP contribution in [0.4, 0.5) is 0 Å². The SMILES string of the molecule is CC(C)(N=C/C(=N\N)C(=O)NCc1nnc(-c2ccncc2)s1)C(N)=O. The second-order valence-electron chi connectivity index (χ2n) is 5.62. The van der Waals surface area contributed by atoms with Gasteiger partial charge in [0.25, 0.3) is 5.91 Å². The summed E-state index contributed by atoms with van der Waals surface area (Å²) < 4.78 is 0. The number of hydrogen-bond donors (Lipinski definition) is 3. The number of hydrogen-bond acceptors (Lipinski definition) is 9. The predicted molar refractivity (Wildman–Crippen MR) is 98.4 cm³/mol. The Bertz CT molecular complexity index is 844. The zero-order valence-electron chi connectivity index (χ0n) is 14.2. The van der Waals surface area contributed by atoms with E-state index < -0.39 is 17.4 Å². The van der Waals surface area contributed by atoms with E-state index in [2.05, 4.69) is 30.6 Å². The first-order valence-electron chi connectivity index (χ1n) is 7.47. The van der Waals surface area contributed by atoms with Crippen LogP contribution in [0.3, 0.4) is 0 Å². The number of rotatable bonds is 7. The quantitative estimate of drug-likeness (QED) is 0.347. The van der Waals surface area contributed by atoms with E-state index in [1.807, 2.05) is 12.1 Å². The molecule has 0 spiro atoms. The lowest BCUT2D eigenvalue weighted by Gasteiger charge is -2.14. The van der Waals surface area contributed by atoms with Gasteiger partial charge < -0.3 is 16.9 Å². The normalized spacial score (nSPS) is 12.3. The van der Waals surface area contributed by atoms with Crippen molar-refractivity contribution in [1.82, 2.24) is 20.5 Å². The van der Waals surface area contributed by atoms with Crippen LogP contribution in [-0.4, -0.2) is 44.5 Å². The lowest BCUT2D eigenvalue weighted by Crippen LogP contribution is -2.38. The molecule has 0 fully saturated rings. The zero-order valence-corrected chi connectivity index (χ0v) is 15.0. The monoisotopic (exact) mass is 374 g/mol. The summed E-state index contributed by atoms with van der Waals surface area (Å²) in [6.07, 6.45) is 4.44. The van der Waals surface area contributed by atoms with Crippen molar-refractivity contribution in [2.75, 3.05) is 0 Å². The van der Waals surface area contributed by atoms with E-state index in [1.165, 1.54) is 25.2 Å². The minimum Gasteiger partial charge on any atom is -0.368 e. The van der Waals surface area contributed by atoms with Crippen molar-refractivity contribution >= 4 is 35.1 Å². The van der Waals surface area contributed by atoms with E-state index in [9.17, 15) is 9.59 Å². The van der Waals surface area contributed by atoms with E-state index in [1.54, 1.807) is 12.4 Å². The van der Waals surface area contributed by atoms with Gasteiger partial charge in [0.1, 0.15) is 15.6 Å². The van der Waals surface area contributed by atoms with Gasteiger partial charge >= 0.3 is 0 Å². The highest BCUT2D eigenvalue weighted by Crippen LogP contribution is 2.22. The van der Waals surface area contributed by atoms with Gasteiger partial charge in [0.15, 0.2) is 5.71 Å². The predicted octanol–water partition coefficient (Wildman–Crippen LogP) is -0.134. The summed E-state index contributed by atoms with van der Waals surface area (Å²) >= 11 is 1.34. The van der Waals surface area contributed by atoms with Crippen LogP contribution in [0, 0.1) is 0 Å². The lowest BCUT2D eigenvalue weighted by molar-refractivity contribution is -0.121. The standard InChI is InChI=1S/C15H18N8O2S/c1-15(2,14(16)25)20-7-10(21-17)12(24)19-8-11-22-23-13(26-11)9-3-5-18-6-4-9/h3-7H,8,17H2,1-2H3,(H2,16,25)(H,19,24)/b20-7?,21-10+. The zero-order chi connectivity index (χ0) is 19.2. The Labute approximate surface area is 153 Å². The Balaban J connectivity index is 1.98. The number of amides is 2. The van der Waals surface area contributed by atoms with Crippen molar-refractivity contribution in [2.45, 2.75) is 25.9 Å². The molecular weight excluding hydrogens is 356 g/mol. The fourth-order valence-electron chi connectivity index (χ4n) is 1.62. The van der Waals surface area contributed by atoms with Gasteiger partial charge in [-0.1, -0.05) is 11.3 Å². The number of nitrogens with zero attached hydrogens (tertiary/aromatic N) is 5. The first-order valence-corrected chi connectivity index (χ1v) is 8.29. The molecule has 0 atom stereocenters. The van der Waals surface area contributed by atoms with Crippen molar-refractivity contribution in [2.24, 2.45) is 21.7 Å². The van der Waals surface area contributed by atoms with Crippen molar-refractivity contribution in [3.8, 4) is 10.6 Å². The van der Waals surface area contributed by atoms with Crippen LogP contribution in [0.1, 0.15) is 18.9 Å². The number of aromatic nitrogens is 3. The van der Waals surface area contributed by atoms with Gasteiger partial charge in [0.05, 0.1) is 12.8 Å². The summed E-state index contributed by atoms with van der Waals surface area (Å²) in [4.78, 5) is 31.3. The minimum absolute atomic E-state index is 0.141. The van der Waals surface area contributed by atoms with Gasteiger partial charge in [-0.25, -0.2) is 0 Å². The largest absolute Gasteiger partial charge is 0.368 e. The summed E-state index contributed by atoms with van der Waals surface area (Å²) in [6, 6.07) is 3.64. The number of pyridine rings is 1. The Hall–Kier alpha value is -3.21. The molecular formula is C15H18N8O2S.